The van der Waals surface area contributed by atoms with Crippen molar-refractivity contribution < 1.29 is 4.79 Å². The van der Waals surface area contributed by atoms with Gasteiger partial charge in [0.15, 0.2) is 5.78 Å². The van der Waals surface area contributed by atoms with Crippen LogP contribution in [0, 0.1) is 6.92 Å². The molecule has 0 saturated carbocycles. The average Bonchev–Trinajstić information content (AvgIpc) is 2.87. The van der Waals surface area contributed by atoms with Crippen molar-refractivity contribution in [2.75, 3.05) is 0 Å². The number of ketones is 1. The Kier molecular flexibility index (Phi) is 3.05. The molecule has 0 saturated heterocycles. The number of carbonyl (C=O) groups is 1. The highest BCUT2D eigenvalue weighted by Gasteiger charge is 2.13. The lowest BCUT2D eigenvalue weighted by Gasteiger charge is -2.02. The van der Waals surface area contributed by atoms with Crippen molar-refractivity contribution in [1.29, 1.82) is 0 Å². The van der Waals surface area contributed by atoms with E-state index in [1.165, 1.54) is 16.5 Å². The second kappa shape index (κ2) is 5.10. The van der Waals surface area contributed by atoms with Gasteiger partial charge in [-0.15, -0.1) is 0 Å². The fourth-order valence-corrected chi connectivity index (χ4v) is 3.23. The van der Waals surface area contributed by atoms with E-state index in [-0.39, 0.29) is 5.78 Å². The fourth-order valence-electron chi connectivity index (χ4n) is 3.23. The van der Waals surface area contributed by atoms with E-state index in [9.17, 15) is 4.79 Å². The standard InChI is InChI=1S/C21H17NO/c1-14-8-10-19-17(12-14)18-13-16(9-11-20(18)22(19)2)21(23)15-6-4-3-5-7-15/h3-13H,1-2H3. The normalized spacial score (nSPS) is 11.2. The molecular formula is C21H17NO. The van der Waals surface area contributed by atoms with Crippen molar-refractivity contribution in [3.05, 3.63) is 83.4 Å². The topological polar surface area (TPSA) is 22.0 Å². The van der Waals surface area contributed by atoms with Crippen LogP contribution in [0.1, 0.15) is 21.5 Å². The Morgan fingerprint density at radius 3 is 2.17 bits per heavy atom. The lowest BCUT2D eigenvalue weighted by molar-refractivity contribution is 0.103. The first-order chi connectivity index (χ1) is 11.1. The minimum atomic E-state index is 0.0668. The fraction of sp³-hybridized carbons (Fsp3) is 0.0952. The minimum absolute atomic E-state index is 0.0668. The van der Waals surface area contributed by atoms with Crippen molar-refractivity contribution in [3.63, 3.8) is 0 Å². The van der Waals surface area contributed by atoms with Gasteiger partial charge in [-0.1, -0.05) is 42.0 Å². The van der Waals surface area contributed by atoms with Gasteiger partial charge < -0.3 is 4.57 Å². The largest absolute Gasteiger partial charge is 0.344 e. The summed E-state index contributed by atoms with van der Waals surface area (Å²) < 4.78 is 2.18. The molecule has 4 aromatic rings. The van der Waals surface area contributed by atoms with Crippen molar-refractivity contribution in [3.8, 4) is 0 Å². The van der Waals surface area contributed by atoms with Gasteiger partial charge >= 0.3 is 0 Å². The molecule has 0 spiro atoms. The predicted molar refractivity (Wildman–Crippen MR) is 95.0 cm³/mol. The van der Waals surface area contributed by atoms with E-state index in [1.807, 2.05) is 48.5 Å². The van der Waals surface area contributed by atoms with Crippen LogP contribution in [0.3, 0.4) is 0 Å². The van der Waals surface area contributed by atoms with Gasteiger partial charge in [0.2, 0.25) is 0 Å². The quantitative estimate of drug-likeness (QED) is 0.484. The summed E-state index contributed by atoms with van der Waals surface area (Å²) in [5.74, 6) is 0.0668. The number of carbonyl (C=O) groups excluding carboxylic acids is 1. The van der Waals surface area contributed by atoms with Crippen LogP contribution in [0.2, 0.25) is 0 Å². The van der Waals surface area contributed by atoms with Gasteiger partial charge in [-0.05, 0) is 37.3 Å². The smallest absolute Gasteiger partial charge is 0.193 e. The van der Waals surface area contributed by atoms with Crippen LogP contribution in [-0.2, 0) is 7.05 Å². The second-order valence-corrected chi connectivity index (χ2v) is 6.01. The van der Waals surface area contributed by atoms with Crippen molar-refractivity contribution >= 4 is 27.6 Å². The molecule has 3 aromatic carbocycles. The number of hydrogen-bond acceptors (Lipinski definition) is 1. The van der Waals surface area contributed by atoms with Crippen molar-refractivity contribution in [2.45, 2.75) is 6.92 Å². The van der Waals surface area contributed by atoms with Gasteiger partial charge in [-0.25, -0.2) is 0 Å². The number of aromatic nitrogens is 1. The van der Waals surface area contributed by atoms with Gasteiger partial charge in [0.05, 0.1) is 0 Å². The highest BCUT2D eigenvalue weighted by atomic mass is 16.1. The van der Waals surface area contributed by atoms with Crippen LogP contribution in [-0.4, -0.2) is 10.4 Å². The van der Waals surface area contributed by atoms with E-state index in [1.54, 1.807) is 0 Å². The molecule has 2 heteroatoms. The lowest BCUT2D eigenvalue weighted by Crippen LogP contribution is -2.00. The Bertz CT molecular complexity index is 1040. The Morgan fingerprint density at radius 1 is 0.783 bits per heavy atom. The van der Waals surface area contributed by atoms with Crippen molar-refractivity contribution in [1.82, 2.24) is 4.57 Å². The molecule has 4 rings (SSSR count). The molecule has 1 aromatic heterocycles. The maximum absolute atomic E-state index is 12.7. The van der Waals surface area contributed by atoms with Crippen LogP contribution in [0.25, 0.3) is 21.8 Å². The summed E-state index contributed by atoms with van der Waals surface area (Å²) in [6.45, 7) is 2.09. The lowest BCUT2D eigenvalue weighted by atomic mass is 10.0. The zero-order chi connectivity index (χ0) is 16.0. The average molecular weight is 299 g/mol. The molecule has 0 bridgehead atoms. The van der Waals surface area contributed by atoms with Crippen LogP contribution < -0.4 is 0 Å². The van der Waals surface area contributed by atoms with Gasteiger partial charge in [0.1, 0.15) is 0 Å². The van der Waals surface area contributed by atoms with E-state index in [4.69, 9.17) is 0 Å². The molecule has 0 aliphatic rings. The van der Waals surface area contributed by atoms with E-state index >= 15 is 0 Å². The maximum atomic E-state index is 12.7. The van der Waals surface area contributed by atoms with Crippen LogP contribution in [0.4, 0.5) is 0 Å². The summed E-state index contributed by atoms with van der Waals surface area (Å²) in [6.07, 6.45) is 0. The summed E-state index contributed by atoms with van der Waals surface area (Å²) in [5, 5.41) is 2.33. The number of nitrogens with zero attached hydrogens (tertiary/aromatic N) is 1. The van der Waals surface area contributed by atoms with E-state index < -0.39 is 0 Å². The first-order valence-corrected chi connectivity index (χ1v) is 7.74. The van der Waals surface area contributed by atoms with E-state index in [2.05, 4.69) is 36.7 Å². The molecule has 0 N–H and O–H groups in total. The van der Waals surface area contributed by atoms with E-state index in [0.717, 1.165) is 22.0 Å². The number of fused-ring (bicyclic) bond motifs is 3. The Hall–Kier alpha value is -2.87. The second-order valence-electron chi connectivity index (χ2n) is 6.01. The summed E-state index contributed by atoms with van der Waals surface area (Å²) in [5.41, 5.74) is 5.02. The first kappa shape index (κ1) is 13.8. The van der Waals surface area contributed by atoms with Gasteiger partial charge in [0.25, 0.3) is 0 Å². The Labute approximate surface area is 135 Å². The molecule has 112 valence electrons. The third-order valence-electron chi connectivity index (χ3n) is 4.46. The molecule has 0 atom stereocenters. The highest BCUT2D eigenvalue weighted by Crippen LogP contribution is 2.30. The van der Waals surface area contributed by atoms with Crippen LogP contribution in [0.5, 0.6) is 0 Å². The first-order valence-electron chi connectivity index (χ1n) is 7.74. The molecule has 0 radical (unpaired) electrons. The van der Waals surface area contributed by atoms with Gasteiger partial charge in [0, 0.05) is 40.0 Å². The molecule has 0 aliphatic heterocycles. The highest BCUT2D eigenvalue weighted by molar-refractivity contribution is 6.14. The number of benzene rings is 3. The summed E-state index contributed by atoms with van der Waals surface area (Å²) in [6, 6.07) is 21.9. The number of hydrogen-bond donors (Lipinski definition) is 0. The predicted octanol–water partition coefficient (Wildman–Crippen LogP) is 4.87. The van der Waals surface area contributed by atoms with Crippen LogP contribution in [0.15, 0.2) is 66.7 Å². The summed E-state index contributed by atoms with van der Waals surface area (Å²) >= 11 is 0. The number of rotatable bonds is 2. The third kappa shape index (κ3) is 2.15. The SMILES string of the molecule is Cc1ccc2c(c1)c1cc(C(=O)c3ccccc3)ccc1n2C. The zero-order valence-corrected chi connectivity index (χ0v) is 13.2. The zero-order valence-electron chi connectivity index (χ0n) is 13.2. The monoisotopic (exact) mass is 299 g/mol. The van der Waals surface area contributed by atoms with Crippen LogP contribution >= 0.6 is 0 Å². The third-order valence-corrected chi connectivity index (χ3v) is 4.46. The molecule has 2 nitrogen and oxygen atoms in total. The Balaban J connectivity index is 1.96. The Morgan fingerprint density at radius 2 is 1.43 bits per heavy atom. The van der Waals surface area contributed by atoms with Crippen molar-refractivity contribution in [2.24, 2.45) is 7.05 Å². The molecule has 23 heavy (non-hydrogen) atoms. The molecule has 0 aliphatic carbocycles. The molecule has 0 fully saturated rings. The van der Waals surface area contributed by atoms with Gasteiger partial charge in [-0.3, -0.25) is 4.79 Å². The maximum Gasteiger partial charge on any atom is 0.193 e. The number of aryl methyl sites for hydroxylation is 2. The summed E-state index contributed by atoms with van der Waals surface area (Å²) in [4.78, 5) is 12.7. The molecule has 0 amide bonds. The molecular weight excluding hydrogens is 282 g/mol. The van der Waals surface area contributed by atoms with Gasteiger partial charge in [-0.2, -0.15) is 0 Å². The molecule has 0 unspecified atom stereocenters. The van der Waals surface area contributed by atoms with E-state index in [0.29, 0.717) is 0 Å². The minimum Gasteiger partial charge on any atom is -0.344 e. The molecule has 1 heterocycles. The summed E-state index contributed by atoms with van der Waals surface area (Å²) in [7, 11) is 2.07.